The quantitative estimate of drug-likeness (QED) is 0.338. The van der Waals surface area contributed by atoms with Gasteiger partial charge in [0.1, 0.15) is 0 Å². The minimum absolute atomic E-state index is 0. The molecule has 26 heavy (non-hydrogen) atoms. The second-order valence-electron chi connectivity index (χ2n) is 4.23. The van der Waals surface area contributed by atoms with Crippen molar-refractivity contribution in [3.63, 3.8) is 0 Å². The summed E-state index contributed by atoms with van der Waals surface area (Å²) in [5, 5.41) is 18.4. The van der Waals surface area contributed by atoms with E-state index in [-0.39, 0.29) is 61.0 Å². The van der Waals surface area contributed by atoms with Gasteiger partial charge in [-0.05, 0) is 0 Å². The van der Waals surface area contributed by atoms with Crippen molar-refractivity contribution in [2.75, 3.05) is 24.7 Å². The van der Waals surface area contributed by atoms with Gasteiger partial charge in [-0.1, -0.05) is 107 Å². The van der Waals surface area contributed by atoms with Crippen molar-refractivity contribution < 1.29 is 10.2 Å². The standard InChI is InChI=1S/4C4H9.2C2H5OS.2Sn/c4*1-3-4-2;2*3-1-2-4;;/h4*1,3-4H2,2H3;2*4H,1-2H2;;/q;;;;2*-1;2*+2/p-2. The Kier molecular flexibility index (Phi) is 182. The molecule has 0 saturated heterocycles. The molecule has 0 aromatic rings. The van der Waals surface area contributed by atoms with Crippen molar-refractivity contribution in [1.29, 1.82) is 0 Å². The molecule has 156 valence electrons. The molecule has 0 aromatic heterocycles. The average Bonchev–Trinajstić information content (AvgIpc) is 2.68. The molecule has 0 N–H and O–H groups in total. The second kappa shape index (κ2) is 92.6. The Balaban J connectivity index is -0.0000000245. The Morgan fingerprint density at radius 2 is 0.615 bits per heavy atom. The Labute approximate surface area is 213 Å². The SMILES string of the molecule is [CH2]CCC.[CH2]CCC.[CH2]CCC.[CH2]CCC.[O-]CC[S-].[O-]CC[S-].[Sn+2].[Sn+2]. The van der Waals surface area contributed by atoms with Crippen LogP contribution >= 0.6 is 0 Å². The van der Waals surface area contributed by atoms with Crippen molar-refractivity contribution in [3.05, 3.63) is 27.7 Å². The average molecular weight is 618 g/mol. The minimum atomic E-state index is -0.116. The molecule has 0 bridgehead atoms. The summed E-state index contributed by atoms with van der Waals surface area (Å²) in [5.74, 6) is 0.694. The summed E-state index contributed by atoms with van der Waals surface area (Å²) in [5.41, 5.74) is 0. The van der Waals surface area contributed by atoms with Crippen molar-refractivity contribution in [2.24, 2.45) is 0 Å². The summed E-state index contributed by atoms with van der Waals surface area (Å²) in [6.45, 7) is 22.7. The van der Waals surface area contributed by atoms with Crippen LogP contribution < -0.4 is 10.2 Å². The van der Waals surface area contributed by atoms with Gasteiger partial charge in [-0.15, -0.1) is 0 Å². The molecule has 0 heterocycles. The van der Waals surface area contributed by atoms with E-state index >= 15 is 0 Å². The smallest absolute Gasteiger partial charge is 0.856 e. The topological polar surface area (TPSA) is 46.1 Å². The van der Waals surface area contributed by atoms with Crippen LogP contribution in [0.15, 0.2) is 0 Å². The van der Waals surface area contributed by atoms with Crippen molar-refractivity contribution >= 4 is 73.1 Å². The molecule has 0 aromatic carbocycles. The number of hydrogen-bond donors (Lipinski definition) is 0. The normalized spacial score (nSPS) is 6.92. The fourth-order valence-corrected chi connectivity index (χ4v) is 0. The Morgan fingerprint density at radius 1 is 0.538 bits per heavy atom. The first-order valence-electron chi connectivity index (χ1n) is 8.98. The van der Waals surface area contributed by atoms with E-state index in [1.807, 2.05) is 0 Å². The molecule has 0 aliphatic rings. The summed E-state index contributed by atoms with van der Waals surface area (Å²) in [6.07, 6.45) is 9.11. The van der Waals surface area contributed by atoms with E-state index < -0.39 is 0 Å². The molecular formula is C20H44O2S2Sn2. The summed E-state index contributed by atoms with van der Waals surface area (Å²) in [7, 11) is 0. The van der Waals surface area contributed by atoms with Gasteiger partial charge in [0.25, 0.3) is 0 Å². The molecule has 0 aliphatic carbocycles. The predicted molar refractivity (Wildman–Crippen MR) is 127 cm³/mol. The van der Waals surface area contributed by atoms with Crippen LogP contribution in [0.2, 0.25) is 0 Å². The fourth-order valence-electron chi connectivity index (χ4n) is 0. The molecule has 0 fully saturated rings. The molecule has 0 spiro atoms. The summed E-state index contributed by atoms with van der Waals surface area (Å²) < 4.78 is 0. The van der Waals surface area contributed by atoms with E-state index in [0.717, 1.165) is 25.7 Å². The number of hydrogen-bond acceptors (Lipinski definition) is 4. The first-order valence-corrected chi connectivity index (χ1v) is 10.1. The molecule has 8 radical (unpaired) electrons. The van der Waals surface area contributed by atoms with Gasteiger partial charge in [0.15, 0.2) is 0 Å². The van der Waals surface area contributed by atoms with Crippen LogP contribution in [0, 0.1) is 27.7 Å². The monoisotopic (exact) mass is 620 g/mol. The minimum Gasteiger partial charge on any atom is -0.856 e. The fraction of sp³-hybridized carbons (Fsp3) is 0.800. The first-order chi connectivity index (χ1) is 11.5. The predicted octanol–water partition coefficient (Wildman–Crippen LogP) is 3.51. The van der Waals surface area contributed by atoms with Gasteiger partial charge in [-0.25, -0.2) is 0 Å². The zero-order chi connectivity index (χ0) is 20.5. The zero-order valence-corrected chi connectivity index (χ0v) is 25.3. The third kappa shape index (κ3) is 247. The van der Waals surface area contributed by atoms with Crippen LogP contribution in [0.5, 0.6) is 0 Å². The first kappa shape index (κ1) is 51.1. The van der Waals surface area contributed by atoms with E-state index in [4.69, 9.17) is 0 Å². The van der Waals surface area contributed by atoms with Crippen molar-refractivity contribution in [1.82, 2.24) is 0 Å². The van der Waals surface area contributed by atoms with Crippen LogP contribution in [0.4, 0.5) is 0 Å². The van der Waals surface area contributed by atoms with Gasteiger partial charge in [0, 0.05) is 0 Å². The summed E-state index contributed by atoms with van der Waals surface area (Å²) >= 11 is 8.48. The molecule has 0 atom stereocenters. The van der Waals surface area contributed by atoms with E-state index in [2.05, 4.69) is 80.6 Å². The Bertz CT molecular complexity index is 72.8. The van der Waals surface area contributed by atoms with Gasteiger partial charge in [-0.2, -0.15) is 24.7 Å². The van der Waals surface area contributed by atoms with Gasteiger partial charge < -0.3 is 35.5 Å². The van der Waals surface area contributed by atoms with Crippen LogP contribution in [0.25, 0.3) is 0 Å². The maximum absolute atomic E-state index is 9.19. The number of rotatable bonds is 6. The molecular weight excluding hydrogens is 574 g/mol. The number of unbranched alkanes of at least 4 members (excludes halogenated alkanes) is 4. The van der Waals surface area contributed by atoms with E-state index in [1.165, 1.54) is 25.7 Å². The van der Waals surface area contributed by atoms with Gasteiger partial charge >= 0.3 is 47.8 Å². The molecule has 6 heteroatoms. The van der Waals surface area contributed by atoms with Crippen molar-refractivity contribution in [2.45, 2.75) is 79.1 Å². The van der Waals surface area contributed by atoms with Crippen molar-refractivity contribution in [3.8, 4) is 0 Å². The van der Waals surface area contributed by atoms with Crippen LogP contribution in [0.3, 0.4) is 0 Å². The Morgan fingerprint density at radius 3 is 0.615 bits per heavy atom. The molecule has 0 unspecified atom stereocenters. The molecule has 2 nitrogen and oxygen atoms in total. The van der Waals surface area contributed by atoms with E-state index in [9.17, 15) is 10.2 Å². The van der Waals surface area contributed by atoms with Gasteiger partial charge in [0.2, 0.25) is 0 Å². The summed E-state index contributed by atoms with van der Waals surface area (Å²) in [6, 6.07) is 0. The van der Waals surface area contributed by atoms with Crippen LogP contribution in [-0.4, -0.2) is 72.5 Å². The molecule has 0 aliphatic heterocycles. The molecule has 0 amide bonds. The zero-order valence-electron chi connectivity index (χ0n) is 17.9. The Hall–Kier alpha value is 2.22. The van der Waals surface area contributed by atoms with E-state index in [1.54, 1.807) is 0 Å². The third-order valence-corrected chi connectivity index (χ3v) is 1.91. The largest absolute Gasteiger partial charge is 2.00 e. The van der Waals surface area contributed by atoms with E-state index in [0.29, 0.717) is 11.5 Å². The van der Waals surface area contributed by atoms with Gasteiger partial charge in [0.05, 0.1) is 0 Å². The van der Waals surface area contributed by atoms with Crippen LogP contribution in [0.1, 0.15) is 79.1 Å². The van der Waals surface area contributed by atoms with Gasteiger partial charge in [-0.3, -0.25) is 0 Å². The maximum atomic E-state index is 9.19. The molecule has 0 saturated carbocycles. The second-order valence-corrected chi connectivity index (χ2v) is 5.05. The maximum Gasteiger partial charge on any atom is 2.00 e. The molecule has 0 rings (SSSR count). The third-order valence-electron chi connectivity index (χ3n) is 1.58. The van der Waals surface area contributed by atoms with Crippen LogP contribution in [-0.2, 0) is 25.3 Å². The summed E-state index contributed by atoms with van der Waals surface area (Å²) in [4.78, 5) is 0.